The summed E-state index contributed by atoms with van der Waals surface area (Å²) >= 11 is 0. The molecule has 3 rings (SSSR count). The molecule has 0 spiro atoms. The lowest BCUT2D eigenvalue weighted by Crippen LogP contribution is -2.35. The minimum Gasteiger partial charge on any atom is -0.384 e. The van der Waals surface area contributed by atoms with Crippen LogP contribution in [0.25, 0.3) is 0 Å². The molecule has 0 amide bonds. The summed E-state index contributed by atoms with van der Waals surface area (Å²) in [5.74, 6) is 2.10. The van der Waals surface area contributed by atoms with Crippen LogP contribution in [-0.2, 0) is 6.42 Å². The van der Waals surface area contributed by atoms with Gasteiger partial charge in [-0.2, -0.15) is 4.98 Å². The SMILES string of the molecule is Cc1cc(N)nc(N2CCC(Cc3ccccc3)CC2)n1. The maximum Gasteiger partial charge on any atom is 0.227 e. The van der Waals surface area contributed by atoms with Crippen LogP contribution >= 0.6 is 0 Å². The lowest BCUT2D eigenvalue weighted by molar-refractivity contribution is 0.400. The average Bonchev–Trinajstić information content (AvgIpc) is 2.48. The predicted octanol–water partition coefficient (Wildman–Crippen LogP) is 2.83. The van der Waals surface area contributed by atoms with Crippen molar-refractivity contribution in [3.63, 3.8) is 0 Å². The first-order chi connectivity index (χ1) is 10.2. The van der Waals surface area contributed by atoms with E-state index in [2.05, 4.69) is 45.2 Å². The maximum atomic E-state index is 5.82. The van der Waals surface area contributed by atoms with E-state index in [9.17, 15) is 0 Å². The second kappa shape index (κ2) is 6.12. The number of nitrogen functional groups attached to an aromatic ring is 1. The molecule has 1 fully saturated rings. The molecule has 2 heterocycles. The molecule has 0 unspecified atom stereocenters. The first kappa shape index (κ1) is 13.9. The molecule has 0 aliphatic carbocycles. The molecule has 110 valence electrons. The number of hydrogen-bond donors (Lipinski definition) is 1. The largest absolute Gasteiger partial charge is 0.384 e. The molecule has 2 N–H and O–H groups in total. The summed E-state index contributed by atoms with van der Waals surface area (Å²) in [6, 6.07) is 12.6. The smallest absolute Gasteiger partial charge is 0.227 e. The van der Waals surface area contributed by atoms with Gasteiger partial charge in [0.1, 0.15) is 5.82 Å². The summed E-state index contributed by atoms with van der Waals surface area (Å²) in [5, 5.41) is 0. The van der Waals surface area contributed by atoms with Gasteiger partial charge in [0.15, 0.2) is 0 Å². The number of nitrogens with two attached hydrogens (primary N) is 1. The van der Waals surface area contributed by atoms with Crippen molar-refractivity contribution in [2.24, 2.45) is 5.92 Å². The van der Waals surface area contributed by atoms with Gasteiger partial charge in [0, 0.05) is 24.8 Å². The van der Waals surface area contributed by atoms with E-state index in [4.69, 9.17) is 5.73 Å². The Kier molecular flexibility index (Phi) is 4.04. The highest BCUT2D eigenvalue weighted by Crippen LogP contribution is 2.24. The van der Waals surface area contributed by atoms with Gasteiger partial charge < -0.3 is 10.6 Å². The second-order valence-electron chi connectivity index (χ2n) is 5.85. The molecular weight excluding hydrogens is 260 g/mol. The number of anilines is 2. The molecule has 4 heteroatoms. The van der Waals surface area contributed by atoms with E-state index >= 15 is 0 Å². The van der Waals surface area contributed by atoms with Gasteiger partial charge >= 0.3 is 0 Å². The third-order valence-electron chi connectivity index (χ3n) is 4.13. The number of benzene rings is 1. The van der Waals surface area contributed by atoms with Gasteiger partial charge in [-0.05, 0) is 37.7 Å². The second-order valence-corrected chi connectivity index (χ2v) is 5.85. The third-order valence-corrected chi connectivity index (χ3v) is 4.13. The van der Waals surface area contributed by atoms with Crippen LogP contribution in [0.3, 0.4) is 0 Å². The Labute approximate surface area is 126 Å². The van der Waals surface area contributed by atoms with Crippen molar-refractivity contribution in [3.05, 3.63) is 47.7 Å². The highest BCUT2D eigenvalue weighted by molar-refractivity contribution is 5.40. The maximum absolute atomic E-state index is 5.82. The van der Waals surface area contributed by atoms with Crippen molar-refractivity contribution in [1.29, 1.82) is 0 Å². The van der Waals surface area contributed by atoms with E-state index in [1.54, 1.807) is 0 Å². The summed E-state index contributed by atoms with van der Waals surface area (Å²) < 4.78 is 0. The highest BCUT2D eigenvalue weighted by atomic mass is 15.3. The van der Waals surface area contributed by atoms with Crippen LogP contribution in [0.4, 0.5) is 11.8 Å². The Morgan fingerprint density at radius 1 is 1.14 bits per heavy atom. The number of hydrogen-bond acceptors (Lipinski definition) is 4. The Bertz CT molecular complexity index is 569. The van der Waals surface area contributed by atoms with Crippen LogP contribution in [0, 0.1) is 12.8 Å². The minimum atomic E-state index is 0.559. The summed E-state index contributed by atoms with van der Waals surface area (Å²) in [5.41, 5.74) is 8.19. The van der Waals surface area contributed by atoms with Crippen LogP contribution in [0.1, 0.15) is 24.1 Å². The van der Waals surface area contributed by atoms with Crippen molar-refractivity contribution in [1.82, 2.24) is 9.97 Å². The normalized spacial score (nSPS) is 16.1. The van der Waals surface area contributed by atoms with Crippen molar-refractivity contribution in [2.45, 2.75) is 26.2 Å². The van der Waals surface area contributed by atoms with Crippen LogP contribution in [-0.4, -0.2) is 23.1 Å². The molecule has 0 saturated carbocycles. The lowest BCUT2D eigenvalue weighted by atomic mass is 9.90. The number of nitrogens with zero attached hydrogens (tertiary/aromatic N) is 3. The quantitative estimate of drug-likeness (QED) is 0.940. The number of aryl methyl sites for hydroxylation is 1. The Hall–Kier alpha value is -2.10. The van der Waals surface area contributed by atoms with E-state index in [0.29, 0.717) is 5.82 Å². The summed E-state index contributed by atoms with van der Waals surface area (Å²) in [6.45, 7) is 3.99. The van der Waals surface area contributed by atoms with Crippen molar-refractivity contribution in [3.8, 4) is 0 Å². The van der Waals surface area contributed by atoms with Crippen LogP contribution < -0.4 is 10.6 Å². The molecule has 1 saturated heterocycles. The third kappa shape index (κ3) is 3.51. The topological polar surface area (TPSA) is 55.0 Å². The average molecular weight is 282 g/mol. The number of piperidine rings is 1. The Morgan fingerprint density at radius 3 is 2.52 bits per heavy atom. The molecule has 21 heavy (non-hydrogen) atoms. The van der Waals surface area contributed by atoms with Gasteiger partial charge in [-0.15, -0.1) is 0 Å². The van der Waals surface area contributed by atoms with Crippen LogP contribution in [0.5, 0.6) is 0 Å². The van der Waals surface area contributed by atoms with Crippen LogP contribution in [0.2, 0.25) is 0 Å². The molecule has 1 aliphatic rings. The van der Waals surface area contributed by atoms with Crippen molar-refractivity contribution in [2.75, 3.05) is 23.7 Å². The fourth-order valence-electron chi connectivity index (χ4n) is 3.00. The molecule has 0 radical (unpaired) electrons. The monoisotopic (exact) mass is 282 g/mol. The van der Waals surface area contributed by atoms with E-state index < -0.39 is 0 Å². The first-order valence-electron chi connectivity index (χ1n) is 7.61. The van der Waals surface area contributed by atoms with E-state index in [1.807, 2.05) is 13.0 Å². The van der Waals surface area contributed by atoms with Gasteiger partial charge in [-0.25, -0.2) is 4.98 Å². The summed E-state index contributed by atoms with van der Waals surface area (Å²) in [6.07, 6.45) is 3.55. The van der Waals surface area contributed by atoms with E-state index in [1.165, 1.54) is 24.8 Å². The fraction of sp³-hybridized carbons (Fsp3) is 0.412. The zero-order valence-electron chi connectivity index (χ0n) is 12.5. The van der Waals surface area contributed by atoms with Gasteiger partial charge in [-0.3, -0.25) is 0 Å². The predicted molar refractivity (Wildman–Crippen MR) is 86.3 cm³/mol. The number of rotatable bonds is 3. The van der Waals surface area contributed by atoms with Crippen molar-refractivity contribution >= 4 is 11.8 Å². The Balaban J connectivity index is 1.60. The Morgan fingerprint density at radius 2 is 1.86 bits per heavy atom. The number of aromatic nitrogens is 2. The zero-order valence-corrected chi connectivity index (χ0v) is 12.5. The zero-order chi connectivity index (χ0) is 14.7. The summed E-state index contributed by atoms with van der Waals surface area (Å²) in [7, 11) is 0. The summed E-state index contributed by atoms with van der Waals surface area (Å²) in [4.78, 5) is 11.1. The molecule has 1 aromatic carbocycles. The first-order valence-corrected chi connectivity index (χ1v) is 7.61. The van der Waals surface area contributed by atoms with E-state index in [0.717, 1.165) is 30.6 Å². The van der Waals surface area contributed by atoms with Gasteiger partial charge in [0.2, 0.25) is 5.95 Å². The van der Waals surface area contributed by atoms with Crippen LogP contribution in [0.15, 0.2) is 36.4 Å². The van der Waals surface area contributed by atoms with Gasteiger partial charge in [0.25, 0.3) is 0 Å². The molecule has 4 nitrogen and oxygen atoms in total. The molecule has 1 aromatic heterocycles. The molecule has 0 atom stereocenters. The van der Waals surface area contributed by atoms with Crippen molar-refractivity contribution < 1.29 is 0 Å². The minimum absolute atomic E-state index is 0.559. The molecular formula is C17H22N4. The molecule has 1 aliphatic heterocycles. The molecule has 0 bridgehead atoms. The lowest BCUT2D eigenvalue weighted by Gasteiger charge is -2.32. The molecule has 2 aromatic rings. The highest BCUT2D eigenvalue weighted by Gasteiger charge is 2.21. The standard InChI is InChI=1S/C17H22N4/c1-13-11-16(18)20-17(19-13)21-9-7-15(8-10-21)12-14-5-3-2-4-6-14/h2-6,11,15H,7-10,12H2,1H3,(H2,18,19,20). The van der Waals surface area contributed by atoms with Gasteiger partial charge in [0.05, 0.1) is 0 Å². The van der Waals surface area contributed by atoms with Gasteiger partial charge in [-0.1, -0.05) is 30.3 Å². The van der Waals surface area contributed by atoms with E-state index in [-0.39, 0.29) is 0 Å². The fourth-order valence-corrected chi connectivity index (χ4v) is 3.00.